The van der Waals surface area contributed by atoms with Gasteiger partial charge in [-0.15, -0.1) is 0 Å². The molecule has 0 saturated heterocycles. The van der Waals surface area contributed by atoms with Gasteiger partial charge in [0.2, 0.25) is 17.7 Å². The minimum Gasteiger partial charge on any atom is -0.369 e. The second kappa shape index (κ2) is 7.93. The molecule has 0 spiro atoms. The van der Waals surface area contributed by atoms with Crippen LogP contribution in [0.1, 0.15) is 13.3 Å². The maximum Gasteiger partial charge on any atom is 0.227 e. The third-order valence-electron chi connectivity index (χ3n) is 2.67. The maximum atomic E-state index is 11.8. The summed E-state index contributed by atoms with van der Waals surface area (Å²) in [5, 5.41) is 5.94. The van der Waals surface area contributed by atoms with Gasteiger partial charge in [0.1, 0.15) is 0 Å². The third kappa shape index (κ3) is 5.53. The van der Waals surface area contributed by atoms with Crippen molar-refractivity contribution < 1.29 is 14.4 Å². The molecule has 0 aliphatic rings. The molecule has 0 unspecified atom stereocenters. The second-order valence-electron chi connectivity index (χ2n) is 4.70. The van der Waals surface area contributed by atoms with Gasteiger partial charge in [0.15, 0.2) is 5.13 Å². The number of aromatic nitrogens is 1. The van der Waals surface area contributed by atoms with Crippen LogP contribution in [0.5, 0.6) is 0 Å². The van der Waals surface area contributed by atoms with Crippen molar-refractivity contribution >= 4 is 61.9 Å². The van der Waals surface area contributed by atoms with Crippen molar-refractivity contribution in [3.8, 4) is 0 Å². The molecule has 0 radical (unpaired) electrons. The van der Waals surface area contributed by atoms with Crippen molar-refractivity contribution in [1.82, 2.24) is 4.98 Å². The van der Waals surface area contributed by atoms with Crippen LogP contribution in [-0.4, -0.2) is 34.2 Å². The predicted octanol–water partition coefficient (Wildman–Crippen LogP) is 1.80. The van der Waals surface area contributed by atoms with E-state index in [-0.39, 0.29) is 24.0 Å². The molecular weight excluding hydrogens is 336 g/mol. The number of primary amides is 1. The van der Waals surface area contributed by atoms with Gasteiger partial charge in [0.25, 0.3) is 0 Å². The van der Waals surface area contributed by atoms with Crippen LogP contribution in [0.15, 0.2) is 18.2 Å². The lowest BCUT2D eigenvalue weighted by Crippen LogP contribution is -2.15. The van der Waals surface area contributed by atoms with E-state index in [4.69, 9.17) is 5.73 Å². The van der Waals surface area contributed by atoms with Gasteiger partial charge in [0, 0.05) is 24.8 Å². The molecule has 7 nitrogen and oxygen atoms in total. The molecule has 1 aromatic carbocycles. The van der Waals surface area contributed by atoms with Crippen molar-refractivity contribution in [2.24, 2.45) is 5.73 Å². The summed E-state index contributed by atoms with van der Waals surface area (Å²) in [6, 6.07) is 5.36. The van der Waals surface area contributed by atoms with Crippen molar-refractivity contribution in [2.45, 2.75) is 13.3 Å². The second-order valence-corrected chi connectivity index (χ2v) is 6.84. The Kier molecular flexibility index (Phi) is 5.94. The van der Waals surface area contributed by atoms with Crippen molar-refractivity contribution in [2.75, 3.05) is 22.1 Å². The number of anilines is 2. The summed E-state index contributed by atoms with van der Waals surface area (Å²) in [4.78, 5) is 37.8. The van der Waals surface area contributed by atoms with Crippen LogP contribution in [0.3, 0.4) is 0 Å². The number of rotatable bonds is 7. The fourth-order valence-corrected chi connectivity index (χ4v) is 3.38. The first-order chi connectivity index (χ1) is 10.9. The van der Waals surface area contributed by atoms with Crippen molar-refractivity contribution in [3.63, 3.8) is 0 Å². The molecule has 0 aliphatic heterocycles. The SMILES string of the molecule is CC(=O)Nc1ccc2nc(NC(=O)CCSCC(N)=O)sc2c1. The maximum absolute atomic E-state index is 11.8. The quantitative estimate of drug-likeness (QED) is 0.658. The summed E-state index contributed by atoms with van der Waals surface area (Å²) in [5.74, 6) is 0.0303. The van der Waals surface area contributed by atoms with E-state index < -0.39 is 5.91 Å². The standard InChI is InChI=1S/C14H16N4O3S2/c1-8(19)16-9-2-3-10-11(6-9)23-14(17-10)18-13(21)4-5-22-7-12(15)20/h2-3,6H,4-5,7H2,1H3,(H2,15,20)(H,16,19)(H,17,18,21). The molecule has 0 atom stereocenters. The molecule has 4 N–H and O–H groups in total. The Labute approximate surface area is 141 Å². The molecular formula is C14H16N4O3S2. The van der Waals surface area contributed by atoms with E-state index in [0.717, 1.165) is 10.2 Å². The van der Waals surface area contributed by atoms with E-state index in [9.17, 15) is 14.4 Å². The van der Waals surface area contributed by atoms with Gasteiger partial charge >= 0.3 is 0 Å². The number of nitrogens with one attached hydrogen (secondary N) is 2. The zero-order chi connectivity index (χ0) is 16.8. The smallest absolute Gasteiger partial charge is 0.227 e. The zero-order valence-corrected chi connectivity index (χ0v) is 14.1. The van der Waals surface area contributed by atoms with Crippen LogP contribution in [0.25, 0.3) is 10.2 Å². The molecule has 1 heterocycles. The highest BCUT2D eigenvalue weighted by molar-refractivity contribution is 7.99. The number of benzene rings is 1. The lowest BCUT2D eigenvalue weighted by molar-refractivity contribution is -0.116. The number of fused-ring (bicyclic) bond motifs is 1. The number of thiazole rings is 1. The average Bonchev–Trinajstić information content (AvgIpc) is 2.84. The Bertz CT molecular complexity index is 745. The fourth-order valence-electron chi connectivity index (χ4n) is 1.78. The lowest BCUT2D eigenvalue weighted by Gasteiger charge is -2.00. The van der Waals surface area contributed by atoms with Crippen LogP contribution in [-0.2, 0) is 14.4 Å². The van der Waals surface area contributed by atoms with Crippen molar-refractivity contribution in [1.29, 1.82) is 0 Å². The molecule has 2 aromatic rings. The fraction of sp³-hybridized carbons (Fsp3) is 0.286. The minimum atomic E-state index is -0.392. The average molecular weight is 352 g/mol. The van der Waals surface area contributed by atoms with Gasteiger partial charge < -0.3 is 16.4 Å². The van der Waals surface area contributed by atoms with Gasteiger partial charge in [0.05, 0.1) is 16.0 Å². The molecule has 0 fully saturated rings. The zero-order valence-electron chi connectivity index (χ0n) is 12.4. The summed E-state index contributed by atoms with van der Waals surface area (Å²) in [7, 11) is 0. The lowest BCUT2D eigenvalue weighted by atomic mass is 10.3. The minimum absolute atomic E-state index is 0.143. The van der Waals surface area contributed by atoms with E-state index in [0.29, 0.717) is 16.6 Å². The molecule has 1 aromatic heterocycles. The summed E-state index contributed by atoms with van der Waals surface area (Å²) < 4.78 is 0.870. The van der Waals surface area contributed by atoms with Gasteiger partial charge in [-0.2, -0.15) is 11.8 Å². The number of hydrogen-bond acceptors (Lipinski definition) is 6. The van der Waals surface area contributed by atoms with Crippen LogP contribution in [0.2, 0.25) is 0 Å². The van der Waals surface area contributed by atoms with Crippen molar-refractivity contribution in [3.05, 3.63) is 18.2 Å². The first-order valence-electron chi connectivity index (χ1n) is 6.78. The Morgan fingerprint density at radius 1 is 1.30 bits per heavy atom. The van der Waals surface area contributed by atoms with Crippen LogP contribution < -0.4 is 16.4 Å². The monoisotopic (exact) mass is 352 g/mol. The predicted molar refractivity (Wildman–Crippen MR) is 93.7 cm³/mol. The highest BCUT2D eigenvalue weighted by Crippen LogP contribution is 2.28. The van der Waals surface area contributed by atoms with Gasteiger partial charge in [-0.1, -0.05) is 11.3 Å². The van der Waals surface area contributed by atoms with E-state index in [1.165, 1.54) is 30.0 Å². The number of nitrogens with two attached hydrogens (primary N) is 1. The third-order valence-corrected chi connectivity index (χ3v) is 4.59. The highest BCUT2D eigenvalue weighted by atomic mass is 32.2. The molecule has 3 amide bonds. The molecule has 23 heavy (non-hydrogen) atoms. The summed E-state index contributed by atoms with van der Waals surface area (Å²) >= 11 is 2.66. The number of carbonyl (C=O) groups excluding carboxylic acids is 3. The molecule has 0 bridgehead atoms. The largest absolute Gasteiger partial charge is 0.369 e. The molecule has 9 heteroatoms. The van der Waals surface area contributed by atoms with Crippen LogP contribution in [0, 0.1) is 0 Å². The van der Waals surface area contributed by atoms with Gasteiger partial charge in [-0.05, 0) is 18.2 Å². The normalized spacial score (nSPS) is 10.5. The number of thioether (sulfide) groups is 1. The first-order valence-corrected chi connectivity index (χ1v) is 8.75. The number of nitrogens with zero attached hydrogens (tertiary/aromatic N) is 1. The van der Waals surface area contributed by atoms with E-state index in [1.54, 1.807) is 12.1 Å². The van der Waals surface area contributed by atoms with E-state index in [1.807, 2.05) is 6.07 Å². The number of hydrogen-bond donors (Lipinski definition) is 3. The molecule has 0 saturated carbocycles. The molecule has 0 aliphatic carbocycles. The highest BCUT2D eigenvalue weighted by Gasteiger charge is 2.09. The first kappa shape index (κ1) is 17.2. The van der Waals surface area contributed by atoms with Gasteiger partial charge in [-0.25, -0.2) is 4.98 Å². The molecule has 122 valence electrons. The van der Waals surface area contributed by atoms with Crippen LogP contribution in [0.4, 0.5) is 10.8 Å². The Morgan fingerprint density at radius 3 is 2.78 bits per heavy atom. The van der Waals surface area contributed by atoms with E-state index >= 15 is 0 Å². The Morgan fingerprint density at radius 2 is 2.09 bits per heavy atom. The Balaban J connectivity index is 1.93. The van der Waals surface area contributed by atoms with Crippen LogP contribution >= 0.6 is 23.1 Å². The number of carbonyl (C=O) groups is 3. The summed E-state index contributed by atoms with van der Waals surface area (Å²) in [5.41, 5.74) is 6.46. The topological polar surface area (TPSA) is 114 Å². The molecule has 2 rings (SSSR count). The summed E-state index contributed by atoms with van der Waals surface area (Å²) in [6.07, 6.45) is 0.283. The summed E-state index contributed by atoms with van der Waals surface area (Å²) in [6.45, 7) is 1.44. The van der Waals surface area contributed by atoms with Gasteiger partial charge in [-0.3, -0.25) is 14.4 Å². The number of amides is 3. The Hall–Kier alpha value is -2.13. The van der Waals surface area contributed by atoms with E-state index in [2.05, 4.69) is 15.6 Å².